The van der Waals surface area contributed by atoms with Gasteiger partial charge in [-0.2, -0.15) is 0 Å². The van der Waals surface area contributed by atoms with Crippen molar-refractivity contribution in [2.45, 2.75) is 19.8 Å². The third kappa shape index (κ3) is 3.02. The summed E-state index contributed by atoms with van der Waals surface area (Å²) in [5.41, 5.74) is 0.242. The number of hydrogen-bond acceptors (Lipinski definition) is 4. The summed E-state index contributed by atoms with van der Waals surface area (Å²) in [6.45, 7) is 2.42. The highest BCUT2D eigenvalue weighted by Crippen LogP contribution is 1.99. The van der Waals surface area contributed by atoms with E-state index in [1.54, 1.807) is 0 Å². The first kappa shape index (κ1) is 9.98. The second-order valence-electron chi connectivity index (χ2n) is 2.55. The molecule has 1 aromatic rings. The van der Waals surface area contributed by atoms with Crippen LogP contribution in [0.5, 0.6) is 0 Å². The van der Waals surface area contributed by atoms with E-state index in [0.717, 1.165) is 24.2 Å². The van der Waals surface area contributed by atoms with Crippen LogP contribution in [-0.4, -0.2) is 17.6 Å². The summed E-state index contributed by atoms with van der Waals surface area (Å²) in [7, 11) is 0. The number of H-pyrrole nitrogens is 1. The van der Waals surface area contributed by atoms with Crippen molar-refractivity contribution < 1.29 is 9.53 Å². The van der Waals surface area contributed by atoms with Gasteiger partial charge in [0.25, 0.3) is 0 Å². The molecule has 5 heteroatoms. The first-order valence-corrected chi connectivity index (χ1v) is 4.97. The minimum Gasteiger partial charge on any atom is -0.461 e. The second kappa shape index (κ2) is 4.81. The summed E-state index contributed by atoms with van der Waals surface area (Å²) in [6.07, 6.45) is 1.83. The standard InChI is InChI=1S/C8H11NO3S/c1-2-3-4-12-7(10)6-5-13-8(11)9-6/h5H,2-4H2,1H3,(H,9,11). The number of thiazole rings is 1. The van der Waals surface area contributed by atoms with Gasteiger partial charge in [-0.25, -0.2) is 4.79 Å². The molecule has 0 saturated carbocycles. The molecule has 0 aromatic carbocycles. The molecule has 0 bridgehead atoms. The van der Waals surface area contributed by atoms with E-state index in [1.165, 1.54) is 5.38 Å². The van der Waals surface area contributed by atoms with Gasteiger partial charge in [-0.3, -0.25) is 4.79 Å². The Labute approximate surface area is 79.6 Å². The average molecular weight is 201 g/mol. The largest absolute Gasteiger partial charge is 0.461 e. The second-order valence-corrected chi connectivity index (χ2v) is 3.39. The van der Waals surface area contributed by atoms with E-state index in [9.17, 15) is 9.59 Å². The van der Waals surface area contributed by atoms with Crippen molar-refractivity contribution >= 4 is 17.3 Å². The van der Waals surface area contributed by atoms with E-state index < -0.39 is 5.97 Å². The fourth-order valence-electron chi connectivity index (χ4n) is 0.767. The van der Waals surface area contributed by atoms with Gasteiger partial charge in [0.1, 0.15) is 5.69 Å². The fraction of sp³-hybridized carbons (Fsp3) is 0.500. The van der Waals surface area contributed by atoms with Crippen molar-refractivity contribution in [3.05, 3.63) is 20.7 Å². The normalized spacial score (nSPS) is 9.92. The van der Waals surface area contributed by atoms with E-state index in [1.807, 2.05) is 6.92 Å². The summed E-state index contributed by atoms with van der Waals surface area (Å²) >= 11 is 0.960. The molecule has 1 rings (SSSR count). The zero-order valence-corrected chi connectivity index (χ0v) is 8.15. The highest BCUT2D eigenvalue weighted by Gasteiger charge is 2.08. The summed E-state index contributed by atoms with van der Waals surface area (Å²) in [4.78, 5) is 24.0. The Morgan fingerprint density at radius 2 is 2.46 bits per heavy atom. The molecule has 0 aliphatic heterocycles. The van der Waals surface area contributed by atoms with Crippen LogP contribution in [0.1, 0.15) is 30.3 Å². The lowest BCUT2D eigenvalue weighted by molar-refractivity contribution is 0.0493. The van der Waals surface area contributed by atoms with E-state index in [4.69, 9.17) is 4.74 Å². The molecule has 0 spiro atoms. The molecular formula is C8H11NO3S. The average Bonchev–Trinajstić information content (AvgIpc) is 2.52. The number of carbonyl (C=O) groups excluding carboxylic acids is 1. The maximum atomic E-state index is 11.1. The van der Waals surface area contributed by atoms with Gasteiger partial charge in [-0.1, -0.05) is 24.7 Å². The summed E-state index contributed by atoms with van der Waals surface area (Å²) in [5.74, 6) is -0.452. The fourth-order valence-corrected chi connectivity index (χ4v) is 1.32. The Hall–Kier alpha value is -1.10. The maximum Gasteiger partial charge on any atom is 0.355 e. The Balaban J connectivity index is 2.44. The zero-order chi connectivity index (χ0) is 9.68. The van der Waals surface area contributed by atoms with Crippen LogP contribution < -0.4 is 4.87 Å². The minimum absolute atomic E-state index is 0.234. The number of aromatic amines is 1. The van der Waals surface area contributed by atoms with Gasteiger partial charge in [-0.15, -0.1) is 0 Å². The SMILES string of the molecule is CCCCOC(=O)c1csc(=O)[nH]1. The smallest absolute Gasteiger partial charge is 0.355 e. The molecule has 0 unspecified atom stereocenters. The molecule has 0 fully saturated rings. The molecule has 0 amide bonds. The number of rotatable bonds is 4. The molecule has 4 nitrogen and oxygen atoms in total. The lowest BCUT2D eigenvalue weighted by Gasteiger charge is -2.00. The highest BCUT2D eigenvalue weighted by atomic mass is 32.1. The lowest BCUT2D eigenvalue weighted by Crippen LogP contribution is -2.08. The van der Waals surface area contributed by atoms with Crippen molar-refractivity contribution in [3.8, 4) is 0 Å². The number of aromatic nitrogens is 1. The quantitative estimate of drug-likeness (QED) is 0.591. The van der Waals surface area contributed by atoms with E-state index >= 15 is 0 Å². The van der Waals surface area contributed by atoms with Crippen LogP contribution in [0.3, 0.4) is 0 Å². The van der Waals surface area contributed by atoms with Crippen LogP contribution in [0.25, 0.3) is 0 Å². The van der Waals surface area contributed by atoms with Gasteiger partial charge < -0.3 is 9.72 Å². The van der Waals surface area contributed by atoms with E-state index in [2.05, 4.69) is 4.98 Å². The van der Waals surface area contributed by atoms with Gasteiger partial charge in [-0.05, 0) is 6.42 Å². The summed E-state index contributed by atoms with van der Waals surface area (Å²) < 4.78 is 4.88. The van der Waals surface area contributed by atoms with Crippen LogP contribution in [-0.2, 0) is 4.74 Å². The third-order valence-corrected chi connectivity index (χ3v) is 2.14. The van der Waals surface area contributed by atoms with Crippen LogP contribution in [0.15, 0.2) is 10.2 Å². The minimum atomic E-state index is -0.452. The Kier molecular flexibility index (Phi) is 3.70. The first-order valence-electron chi connectivity index (χ1n) is 4.09. The Morgan fingerprint density at radius 3 is 3.00 bits per heavy atom. The molecule has 1 heterocycles. The number of unbranched alkanes of at least 4 members (excludes halogenated alkanes) is 1. The van der Waals surface area contributed by atoms with Gasteiger partial charge in [0.05, 0.1) is 6.61 Å². The Bertz CT molecular complexity index is 328. The molecular weight excluding hydrogens is 190 g/mol. The van der Waals surface area contributed by atoms with Crippen LogP contribution in [0.2, 0.25) is 0 Å². The van der Waals surface area contributed by atoms with Gasteiger partial charge in [0, 0.05) is 5.38 Å². The highest BCUT2D eigenvalue weighted by molar-refractivity contribution is 7.07. The number of carbonyl (C=O) groups is 1. The van der Waals surface area contributed by atoms with Gasteiger partial charge >= 0.3 is 10.8 Å². The van der Waals surface area contributed by atoms with Crippen LogP contribution >= 0.6 is 11.3 Å². The molecule has 72 valence electrons. The molecule has 1 N–H and O–H groups in total. The zero-order valence-electron chi connectivity index (χ0n) is 7.33. The molecule has 0 radical (unpaired) electrons. The van der Waals surface area contributed by atoms with Crippen molar-refractivity contribution in [1.82, 2.24) is 4.98 Å². The van der Waals surface area contributed by atoms with Crippen molar-refractivity contribution in [1.29, 1.82) is 0 Å². The van der Waals surface area contributed by atoms with Crippen molar-refractivity contribution in [2.75, 3.05) is 6.61 Å². The lowest BCUT2D eigenvalue weighted by atomic mass is 10.4. The number of ether oxygens (including phenoxy) is 1. The molecule has 0 atom stereocenters. The molecule has 0 aliphatic carbocycles. The van der Waals surface area contributed by atoms with Crippen molar-refractivity contribution in [3.63, 3.8) is 0 Å². The van der Waals surface area contributed by atoms with Gasteiger partial charge in [0.2, 0.25) is 0 Å². The number of nitrogens with one attached hydrogen (secondary N) is 1. The molecule has 13 heavy (non-hydrogen) atoms. The predicted molar refractivity (Wildman–Crippen MR) is 50.1 cm³/mol. The van der Waals surface area contributed by atoms with Crippen LogP contribution in [0, 0.1) is 0 Å². The predicted octanol–water partition coefficient (Wildman–Crippen LogP) is 1.39. The number of esters is 1. The summed E-state index contributed by atoms with van der Waals surface area (Å²) in [6, 6.07) is 0. The van der Waals surface area contributed by atoms with E-state index in [0.29, 0.717) is 6.61 Å². The monoisotopic (exact) mass is 201 g/mol. The summed E-state index contributed by atoms with van der Waals surface area (Å²) in [5, 5.41) is 1.47. The molecule has 0 saturated heterocycles. The Morgan fingerprint density at radius 1 is 1.69 bits per heavy atom. The third-order valence-electron chi connectivity index (χ3n) is 1.47. The first-order chi connectivity index (χ1) is 6.24. The maximum absolute atomic E-state index is 11.1. The molecule has 0 aliphatic rings. The van der Waals surface area contributed by atoms with Crippen LogP contribution in [0.4, 0.5) is 0 Å². The van der Waals surface area contributed by atoms with Gasteiger partial charge in [0.15, 0.2) is 0 Å². The van der Waals surface area contributed by atoms with E-state index in [-0.39, 0.29) is 10.6 Å². The van der Waals surface area contributed by atoms with Crippen molar-refractivity contribution in [2.24, 2.45) is 0 Å². The number of hydrogen-bond donors (Lipinski definition) is 1. The molecule has 1 aromatic heterocycles. The topological polar surface area (TPSA) is 59.2 Å².